The van der Waals surface area contributed by atoms with Crippen LogP contribution in [-0.4, -0.2) is 28.9 Å². The standard InChI is InChI=1S/5C17H14O.4Pd/c5*18-17(13-11-15-7-3-1-4-8-15)14-12-16-9-5-2-6-10-16;;;;/h5*1-14H;;;;. The van der Waals surface area contributed by atoms with Crippen molar-refractivity contribution < 1.29 is 106 Å². The molecule has 0 N–H and O–H groups in total. The van der Waals surface area contributed by atoms with Gasteiger partial charge in [-0.1, -0.05) is 364 Å². The number of hydrogen-bond donors (Lipinski definition) is 0. The Morgan fingerprint density at radius 1 is 0.138 bits per heavy atom. The Balaban J connectivity index is 0.000000396. The quantitative estimate of drug-likeness (QED) is 0.0561. The first-order valence-corrected chi connectivity index (χ1v) is 29.2. The predicted molar refractivity (Wildman–Crippen MR) is 380 cm³/mol. The first-order valence-electron chi connectivity index (χ1n) is 29.2. The molecule has 0 saturated heterocycles. The van der Waals surface area contributed by atoms with Gasteiger partial charge >= 0.3 is 0 Å². The number of benzene rings is 10. The van der Waals surface area contributed by atoms with Crippen molar-refractivity contribution >= 4 is 89.7 Å². The molecule has 0 bridgehead atoms. The van der Waals surface area contributed by atoms with E-state index in [1.165, 1.54) is 0 Å². The molecule has 480 valence electrons. The predicted octanol–water partition coefficient (Wildman–Crippen LogP) is 19.9. The van der Waals surface area contributed by atoms with Gasteiger partial charge in [0.1, 0.15) is 0 Å². The van der Waals surface area contributed by atoms with Gasteiger partial charge in [-0.15, -0.1) is 0 Å². The molecule has 94 heavy (non-hydrogen) atoms. The van der Waals surface area contributed by atoms with Gasteiger partial charge < -0.3 is 0 Å². The number of carbonyl (C=O) groups is 5. The van der Waals surface area contributed by atoms with Crippen molar-refractivity contribution in [2.45, 2.75) is 0 Å². The van der Waals surface area contributed by atoms with E-state index in [9.17, 15) is 24.0 Å². The van der Waals surface area contributed by atoms with Gasteiger partial charge in [0.25, 0.3) is 0 Å². The fourth-order valence-corrected chi connectivity index (χ4v) is 7.70. The van der Waals surface area contributed by atoms with Gasteiger partial charge in [-0.25, -0.2) is 0 Å². The fourth-order valence-electron chi connectivity index (χ4n) is 7.70. The molecule has 0 amide bonds. The molecule has 0 atom stereocenters. The van der Waals surface area contributed by atoms with E-state index >= 15 is 0 Å². The van der Waals surface area contributed by atoms with Crippen LogP contribution in [-0.2, 0) is 106 Å². The van der Waals surface area contributed by atoms with Crippen LogP contribution in [0.2, 0.25) is 0 Å². The zero-order chi connectivity index (χ0) is 63.2. The van der Waals surface area contributed by atoms with Gasteiger partial charge in [0.15, 0.2) is 28.9 Å². The summed E-state index contributed by atoms with van der Waals surface area (Å²) < 4.78 is 0. The first-order chi connectivity index (χ1) is 44.2. The molecule has 10 rings (SSSR count). The molecule has 0 aliphatic heterocycles. The SMILES string of the molecule is O=C(C=Cc1ccccc1)C=Cc1ccccc1.O=C(C=Cc1ccccc1)C=Cc1ccccc1.O=C(C=Cc1ccccc1)C=Cc1ccccc1.O=C(C=Cc1ccccc1)C=Cc1ccccc1.O=C(C=Cc1ccccc1)C=Cc1ccccc1.[Pd].[Pd].[Pd].[Pd]. The fraction of sp³-hybridized carbons (Fsp3) is 0. The van der Waals surface area contributed by atoms with E-state index in [0.29, 0.717) is 0 Å². The monoisotopic (exact) mass is 1590 g/mol. The third-order valence-electron chi connectivity index (χ3n) is 12.4. The number of rotatable bonds is 20. The Hall–Kier alpha value is -9.40. The second kappa shape index (κ2) is 51.1. The molecule has 10 aromatic rings. The van der Waals surface area contributed by atoms with E-state index in [4.69, 9.17) is 0 Å². The Labute approximate surface area is 609 Å². The topological polar surface area (TPSA) is 85.3 Å². The van der Waals surface area contributed by atoms with Gasteiger partial charge in [0.05, 0.1) is 0 Å². The van der Waals surface area contributed by atoms with Crippen LogP contribution in [0.15, 0.2) is 364 Å². The molecule has 0 aliphatic carbocycles. The molecule has 0 aromatic heterocycles. The van der Waals surface area contributed by atoms with Crippen molar-refractivity contribution in [1.82, 2.24) is 0 Å². The molecule has 0 spiro atoms. The van der Waals surface area contributed by atoms with E-state index in [1.54, 1.807) is 60.8 Å². The van der Waals surface area contributed by atoms with Crippen LogP contribution < -0.4 is 0 Å². The van der Waals surface area contributed by atoms with Gasteiger partial charge in [-0.3, -0.25) is 24.0 Å². The molecule has 5 nitrogen and oxygen atoms in total. The molecule has 9 heteroatoms. The van der Waals surface area contributed by atoms with E-state index in [2.05, 4.69) is 0 Å². The van der Waals surface area contributed by atoms with Crippen molar-refractivity contribution in [3.8, 4) is 0 Å². The maximum Gasteiger partial charge on any atom is 0.178 e. The molecule has 0 aliphatic rings. The van der Waals surface area contributed by atoms with E-state index in [-0.39, 0.29) is 111 Å². The molecule has 0 unspecified atom stereocenters. The van der Waals surface area contributed by atoms with Gasteiger partial charge in [-0.2, -0.15) is 0 Å². The number of allylic oxidation sites excluding steroid dienone is 10. The minimum atomic E-state index is -0.0114. The summed E-state index contributed by atoms with van der Waals surface area (Å²) in [5.41, 5.74) is 10.3. The van der Waals surface area contributed by atoms with E-state index in [1.807, 2.05) is 364 Å². The van der Waals surface area contributed by atoms with Crippen molar-refractivity contribution in [2.75, 3.05) is 0 Å². The Kier molecular flexibility index (Phi) is 43.9. The Morgan fingerprint density at radius 3 is 0.287 bits per heavy atom. The van der Waals surface area contributed by atoms with Crippen molar-refractivity contribution in [3.05, 3.63) is 420 Å². The Bertz CT molecular complexity index is 3140. The van der Waals surface area contributed by atoms with Gasteiger partial charge in [0.2, 0.25) is 0 Å². The first kappa shape index (κ1) is 80.7. The van der Waals surface area contributed by atoms with Crippen molar-refractivity contribution in [3.63, 3.8) is 0 Å². The van der Waals surface area contributed by atoms with Gasteiger partial charge in [-0.05, 0) is 116 Å². The third kappa shape index (κ3) is 37.8. The van der Waals surface area contributed by atoms with Crippen LogP contribution in [0.25, 0.3) is 60.8 Å². The molecule has 0 radical (unpaired) electrons. The maximum absolute atomic E-state index is 11.6. The minimum Gasteiger partial charge on any atom is -0.290 e. The molecular weight excluding hydrogens is 1530 g/mol. The van der Waals surface area contributed by atoms with Crippen LogP contribution in [0.5, 0.6) is 0 Å². The summed E-state index contributed by atoms with van der Waals surface area (Å²) in [6, 6.07) is 97.8. The van der Waals surface area contributed by atoms with E-state index in [0.717, 1.165) is 55.6 Å². The molecular formula is C85H70O5Pd4. The number of hydrogen-bond acceptors (Lipinski definition) is 5. The van der Waals surface area contributed by atoms with E-state index < -0.39 is 0 Å². The zero-order valence-electron chi connectivity index (χ0n) is 51.2. The molecule has 10 aromatic carbocycles. The number of carbonyl (C=O) groups excluding carboxylic acids is 5. The normalized spacial score (nSPS) is 10.6. The second-order valence-corrected chi connectivity index (χ2v) is 19.5. The zero-order valence-corrected chi connectivity index (χ0v) is 57.4. The largest absolute Gasteiger partial charge is 0.290 e. The third-order valence-corrected chi connectivity index (χ3v) is 12.4. The van der Waals surface area contributed by atoms with Gasteiger partial charge in [0, 0.05) is 81.7 Å². The number of ketones is 5. The summed E-state index contributed by atoms with van der Waals surface area (Å²) in [6.07, 6.45) is 34.0. The molecule has 0 saturated carbocycles. The molecule has 0 fully saturated rings. The smallest absolute Gasteiger partial charge is 0.178 e. The van der Waals surface area contributed by atoms with Crippen LogP contribution in [0, 0.1) is 0 Å². The summed E-state index contributed by atoms with van der Waals surface area (Å²) in [5, 5.41) is 0. The summed E-state index contributed by atoms with van der Waals surface area (Å²) in [5.74, 6) is -0.0569. The minimum absolute atomic E-state index is 0. The van der Waals surface area contributed by atoms with Crippen LogP contribution >= 0.6 is 0 Å². The van der Waals surface area contributed by atoms with Crippen molar-refractivity contribution in [2.24, 2.45) is 0 Å². The average Bonchev–Trinajstić information content (AvgIpc) is 3.77. The van der Waals surface area contributed by atoms with Crippen LogP contribution in [0.3, 0.4) is 0 Å². The van der Waals surface area contributed by atoms with Crippen LogP contribution in [0.4, 0.5) is 0 Å². The molecule has 0 heterocycles. The Morgan fingerprint density at radius 2 is 0.213 bits per heavy atom. The summed E-state index contributed by atoms with van der Waals surface area (Å²) >= 11 is 0. The average molecular weight is 1600 g/mol. The summed E-state index contributed by atoms with van der Waals surface area (Å²) in [4.78, 5) is 58.1. The summed E-state index contributed by atoms with van der Waals surface area (Å²) in [6.45, 7) is 0. The summed E-state index contributed by atoms with van der Waals surface area (Å²) in [7, 11) is 0. The van der Waals surface area contributed by atoms with Crippen LogP contribution in [0.1, 0.15) is 55.6 Å². The van der Waals surface area contributed by atoms with Crippen molar-refractivity contribution in [1.29, 1.82) is 0 Å². The maximum atomic E-state index is 11.6. The second-order valence-electron chi connectivity index (χ2n) is 19.5.